The molecule has 7 unspecified atom stereocenters. The van der Waals surface area contributed by atoms with Gasteiger partial charge in [0.05, 0.1) is 37.9 Å². The van der Waals surface area contributed by atoms with Crippen molar-refractivity contribution in [3.63, 3.8) is 0 Å². The molecule has 1 N–H and O–H groups in total. The standard InChI is InChI=1S/C32H48O8/c1-22-14-15-23(2)29(12-7-5-4-6-8-13-30(33)34)40-32(36)21-28-18-24(19-31(35)37-3)17-27(39-28)20-26-11-9-10-25(16-22)38-26/h7,12,14-15,19,22-23,25-29H,4-6,8-11,13,16-18,20-21H2,1-3H3,(H,33,34)/b12-7+,15-14+,24-19-. The number of unbranched alkanes of at least 4 members (excludes halogenated alkanes) is 3. The number of hydrogen-bond acceptors (Lipinski definition) is 7. The fourth-order valence-electron chi connectivity index (χ4n) is 5.88. The lowest BCUT2D eigenvalue weighted by Gasteiger charge is -2.37. The third-order valence-electron chi connectivity index (χ3n) is 8.00. The molecule has 0 radical (unpaired) electrons. The summed E-state index contributed by atoms with van der Waals surface area (Å²) in [5.41, 5.74) is 0.929. The van der Waals surface area contributed by atoms with Gasteiger partial charge in [-0.05, 0) is 69.8 Å². The Kier molecular flexibility index (Phi) is 13.4. The third kappa shape index (κ3) is 11.6. The first kappa shape index (κ1) is 32.1. The summed E-state index contributed by atoms with van der Waals surface area (Å²) in [6.07, 6.45) is 18.7. The van der Waals surface area contributed by atoms with Crippen LogP contribution in [-0.2, 0) is 33.3 Å². The number of carboxylic acid groups (broad SMARTS) is 1. The molecule has 2 fully saturated rings. The van der Waals surface area contributed by atoms with Gasteiger partial charge >= 0.3 is 17.9 Å². The van der Waals surface area contributed by atoms with Crippen LogP contribution in [0.25, 0.3) is 0 Å². The molecule has 3 rings (SSSR count). The van der Waals surface area contributed by atoms with Gasteiger partial charge in [0.1, 0.15) is 6.10 Å². The molecule has 3 aliphatic rings. The number of allylic oxidation sites excluding steroid dienone is 2. The lowest BCUT2D eigenvalue weighted by atomic mass is 9.89. The highest BCUT2D eigenvalue weighted by Crippen LogP contribution is 2.33. The van der Waals surface area contributed by atoms with Crippen molar-refractivity contribution < 1.29 is 38.4 Å². The van der Waals surface area contributed by atoms with Crippen molar-refractivity contribution in [1.82, 2.24) is 0 Å². The highest BCUT2D eigenvalue weighted by Gasteiger charge is 2.33. The molecule has 0 spiro atoms. The van der Waals surface area contributed by atoms with Gasteiger partial charge in [-0.3, -0.25) is 9.59 Å². The van der Waals surface area contributed by atoms with Gasteiger partial charge in [0.15, 0.2) is 0 Å². The molecule has 0 aromatic carbocycles. The summed E-state index contributed by atoms with van der Waals surface area (Å²) in [5.74, 6) is -1.17. The van der Waals surface area contributed by atoms with Crippen LogP contribution in [0.15, 0.2) is 36.0 Å². The first-order chi connectivity index (χ1) is 19.2. The molecular weight excluding hydrogens is 512 g/mol. The number of hydrogen-bond donors (Lipinski definition) is 1. The zero-order valence-electron chi connectivity index (χ0n) is 24.4. The van der Waals surface area contributed by atoms with Crippen molar-refractivity contribution in [2.75, 3.05) is 7.11 Å². The Morgan fingerprint density at radius 1 is 0.975 bits per heavy atom. The lowest BCUT2D eigenvalue weighted by Crippen LogP contribution is -2.37. The number of esters is 2. The number of methoxy groups -OCH3 is 1. The summed E-state index contributed by atoms with van der Waals surface area (Å²) in [4.78, 5) is 35.8. The normalized spacial score (nSPS) is 33.8. The number of carbonyl (C=O) groups is 3. The largest absolute Gasteiger partial charge is 0.481 e. The summed E-state index contributed by atoms with van der Waals surface area (Å²) in [5, 5.41) is 8.81. The Morgan fingerprint density at radius 3 is 2.45 bits per heavy atom. The molecule has 0 aliphatic carbocycles. The van der Waals surface area contributed by atoms with Crippen LogP contribution in [0.1, 0.15) is 97.3 Å². The predicted molar refractivity (Wildman–Crippen MR) is 152 cm³/mol. The number of carbonyl (C=O) groups excluding carboxylic acids is 2. The van der Waals surface area contributed by atoms with Gasteiger partial charge in [-0.25, -0.2) is 4.79 Å². The van der Waals surface area contributed by atoms with Crippen molar-refractivity contribution in [3.8, 4) is 0 Å². The van der Waals surface area contributed by atoms with Gasteiger partial charge in [0.25, 0.3) is 0 Å². The van der Waals surface area contributed by atoms with E-state index in [2.05, 4.69) is 26.0 Å². The molecule has 0 aromatic heterocycles. The molecule has 3 heterocycles. The van der Waals surface area contributed by atoms with Crippen LogP contribution in [0.3, 0.4) is 0 Å². The zero-order valence-corrected chi connectivity index (χ0v) is 24.4. The lowest BCUT2D eigenvalue weighted by molar-refractivity contribution is -0.154. The Hall–Kier alpha value is -2.45. The van der Waals surface area contributed by atoms with Gasteiger partial charge in [-0.1, -0.05) is 44.1 Å². The van der Waals surface area contributed by atoms with E-state index in [-0.39, 0.29) is 49.1 Å². The van der Waals surface area contributed by atoms with E-state index in [1.807, 2.05) is 12.2 Å². The van der Waals surface area contributed by atoms with Crippen molar-refractivity contribution >= 4 is 17.9 Å². The molecule has 40 heavy (non-hydrogen) atoms. The Labute approximate surface area is 239 Å². The maximum atomic E-state index is 13.1. The predicted octanol–water partition coefficient (Wildman–Crippen LogP) is 6.09. The second-order valence-electron chi connectivity index (χ2n) is 11.7. The molecule has 7 atom stereocenters. The molecule has 0 saturated carbocycles. The van der Waals surface area contributed by atoms with Crippen molar-refractivity contribution in [3.05, 3.63) is 36.0 Å². The van der Waals surface area contributed by atoms with E-state index in [1.54, 1.807) is 0 Å². The van der Waals surface area contributed by atoms with E-state index in [0.29, 0.717) is 25.2 Å². The van der Waals surface area contributed by atoms with E-state index in [4.69, 9.17) is 24.1 Å². The summed E-state index contributed by atoms with van der Waals surface area (Å²) in [7, 11) is 1.37. The van der Waals surface area contributed by atoms with Crippen LogP contribution < -0.4 is 0 Å². The van der Waals surface area contributed by atoms with Crippen LogP contribution in [0.4, 0.5) is 0 Å². The van der Waals surface area contributed by atoms with Gasteiger partial charge in [0, 0.05) is 24.8 Å². The third-order valence-corrected chi connectivity index (χ3v) is 8.00. The molecule has 0 aromatic rings. The number of cyclic esters (lactones) is 1. The molecule has 224 valence electrons. The fraction of sp³-hybridized carbons (Fsp3) is 0.719. The Bertz CT molecular complexity index is 922. The quantitative estimate of drug-likeness (QED) is 0.165. The minimum absolute atomic E-state index is 0.0163. The number of fused-ring (bicyclic) bond motifs is 4. The molecule has 8 nitrogen and oxygen atoms in total. The SMILES string of the molecule is COC(=O)/C=C1\CC2CC(=O)OC(/C=C/CCCCCC(=O)O)C(C)/C=C/C(C)CC3CCCC(CC(C1)O2)O3. The number of ether oxygens (including phenoxy) is 4. The van der Waals surface area contributed by atoms with Gasteiger partial charge < -0.3 is 24.1 Å². The first-order valence-corrected chi connectivity index (χ1v) is 15.1. The maximum absolute atomic E-state index is 13.1. The number of carboxylic acids is 1. The minimum Gasteiger partial charge on any atom is -0.481 e. The second kappa shape index (κ2) is 16.7. The second-order valence-corrected chi connectivity index (χ2v) is 11.7. The molecule has 3 aliphatic heterocycles. The highest BCUT2D eigenvalue weighted by atomic mass is 16.6. The zero-order chi connectivity index (χ0) is 28.9. The van der Waals surface area contributed by atoms with Gasteiger partial charge in [-0.2, -0.15) is 0 Å². The summed E-state index contributed by atoms with van der Waals surface area (Å²) in [6, 6.07) is 0. The van der Waals surface area contributed by atoms with Crippen LogP contribution in [-0.4, -0.2) is 60.6 Å². The Morgan fingerprint density at radius 2 is 1.70 bits per heavy atom. The van der Waals surface area contributed by atoms with Crippen molar-refractivity contribution in [2.45, 2.75) is 128 Å². The minimum atomic E-state index is -0.764. The maximum Gasteiger partial charge on any atom is 0.330 e. The summed E-state index contributed by atoms with van der Waals surface area (Å²) in [6.45, 7) is 4.25. The van der Waals surface area contributed by atoms with Crippen LogP contribution in [0.5, 0.6) is 0 Å². The average molecular weight is 561 g/mol. The highest BCUT2D eigenvalue weighted by molar-refractivity contribution is 5.82. The monoisotopic (exact) mass is 560 g/mol. The average Bonchev–Trinajstić information content (AvgIpc) is 2.89. The van der Waals surface area contributed by atoms with Gasteiger partial charge in [-0.15, -0.1) is 0 Å². The first-order valence-electron chi connectivity index (χ1n) is 15.1. The summed E-state index contributed by atoms with van der Waals surface area (Å²) < 4.78 is 23.7. The van der Waals surface area contributed by atoms with E-state index in [0.717, 1.165) is 56.9 Å². The van der Waals surface area contributed by atoms with Gasteiger partial charge in [0.2, 0.25) is 0 Å². The van der Waals surface area contributed by atoms with Crippen LogP contribution in [0, 0.1) is 11.8 Å². The number of rotatable bonds is 8. The fourth-order valence-corrected chi connectivity index (χ4v) is 5.88. The van der Waals surface area contributed by atoms with Crippen molar-refractivity contribution in [2.24, 2.45) is 11.8 Å². The molecule has 0 amide bonds. The molecule has 4 bridgehead atoms. The summed E-state index contributed by atoms with van der Waals surface area (Å²) >= 11 is 0. The van der Waals surface area contributed by atoms with E-state index in [1.165, 1.54) is 13.2 Å². The van der Waals surface area contributed by atoms with E-state index in [9.17, 15) is 14.4 Å². The van der Waals surface area contributed by atoms with Crippen molar-refractivity contribution in [1.29, 1.82) is 0 Å². The smallest absolute Gasteiger partial charge is 0.330 e. The topological polar surface area (TPSA) is 108 Å². The number of aliphatic carboxylic acids is 1. The molecule has 2 saturated heterocycles. The molecule has 8 heteroatoms. The molecular formula is C32H48O8. The van der Waals surface area contributed by atoms with E-state index < -0.39 is 18.0 Å². The Balaban J connectivity index is 1.74. The van der Waals surface area contributed by atoms with Crippen LogP contribution >= 0.6 is 0 Å². The van der Waals surface area contributed by atoms with E-state index >= 15 is 0 Å². The van der Waals surface area contributed by atoms with Crippen LogP contribution in [0.2, 0.25) is 0 Å².